The predicted molar refractivity (Wildman–Crippen MR) is 208 cm³/mol. The highest BCUT2D eigenvalue weighted by atomic mass is 35.5. The van der Waals surface area contributed by atoms with Crippen LogP contribution in [0.4, 0.5) is 5.69 Å². The molecule has 3 aromatic carbocycles. The molecule has 4 amide bonds. The van der Waals surface area contributed by atoms with Crippen LogP contribution in [0.2, 0.25) is 5.02 Å². The highest BCUT2D eigenvalue weighted by Crippen LogP contribution is 2.53. The van der Waals surface area contributed by atoms with E-state index < -0.39 is 29.2 Å². The first-order chi connectivity index (χ1) is 26.4. The van der Waals surface area contributed by atoms with Crippen molar-refractivity contribution in [3.05, 3.63) is 98.1 Å². The largest absolute Gasteiger partial charge is 0.371 e. The van der Waals surface area contributed by atoms with E-state index >= 15 is 0 Å². The summed E-state index contributed by atoms with van der Waals surface area (Å²) in [6.45, 7) is 8.04. The summed E-state index contributed by atoms with van der Waals surface area (Å²) >= 11 is 6.51. The molecule has 1 aromatic heterocycles. The lowest BCUT2D eigenvalue weighted by Crippen LogP contribution is -2.56. The first kappa shape index (κ1) is 34.6. The number of likely N-dealkylation sites (tertiary alicyclic amines) is 1. The summed E-state index contributed by atoms with van der Waals surface area (Å²) in [6, 6.07) is 17.5. The summed E-state index contributed by atoms with van der Waals surface area (Å²) in [5.74, 6) is -0.664. The van der Waals surface area contributed by atoms with Gasteiger partial charge in [-0.3, -0.25) is 38.8 Å². The molecule has 55 heavy (non-hydrogen) atoms. The number of hydrogen-bond acceptors (Lipinski definition) is 8. The minimum absolute atomic E-state index is 0.101. The molecule has 0 radical (unpaired) electrons. The van der Waals surface area contributed by atoms with Crippen molar-refractivity contribution in [1.29, 1.82) is 0 Å². The van der Waals surface area contributed by atoms with E-state index in [-0.39, 0.29) is 24.3 Å². The summed E-state index contributed by atoms with van der Waals surface area (Å²) in [4.78, 5) is 75.0. The van der Waals surface area contributed by atoms with Crippen molar-refractivity contribution in [3.63, 3.8) is 0 Å². The molecule has 1 N–H and O–H groups in total. The van der Waals surface area contributed by atoms with Crippen molar-refractivity contribution in [2.45, 2.75) is 88.6 Å². The van der Waals surface area contributed by atoms with Crippen molar-refractivity contribution in [2.24, 2.45) is 5.41 Å². The van der Waals surface area contributed by atoms with Gasteiger partial charge in [-0.25, -0.2) is 0 Å². The van der Waals surface area contributed by atoms with Gasteiger partial charge >= 0.3 is 0 Å². The number of hydrogen-bond donors (Lipinski definition) is 1. The molecule has 1 atom stereocenters. The van der Waals surface area contributed by atoms with Crippen LogP contribution in [0.3, 0.4) is 0 Å². The third-order valence-corrected chi connectivity index (χ3v) is 14.1. The van der Waals surface area contributed by atoms with Crippen LogP contribution in [0, 0.1) is 5.41 Å². The van der Waals surface area contributed by atoms with E-state index in [1.54, 1.807) is 12.1 Å². The van der Waals surface area contributed by atoms with Gasteiger partial charge in [-0.2, -0.15) is 4.98 Å². The Morgan fingerprint density at radius 1 is 0.836 bits per heavy atom. The molecule has 10 rings (SSSR count). The maximum Gasteiger partial charge on any atom is 0.282 e. The molecular weight excluding hydrogens is 716 g/mol. The number of fused-ring (bicyclic) bond motifs is 6. The van der Waals surface area contributed by atoms with E-state index in [0.29, 0.717) is 38.9 Å². The standard InChI is InChI=1S/C43H43ClN6O5/c1-42(2)28-10-9-25(21-33(28)49-31-8-4-6-29(44)36(31)38(53)46-41(42)49)24-13-17-47(18-14-24)26-22-43(23-26)15-19-48(20-16-43)30-7-3-5-27-35(30)40(55)50(39(27)54)32-11-12-34(51)45-37(32)52/h3-10,21,24,26,32H,11-20,22-23H2,1-2H3,(H,45,51,52). The van der Waals surface area contributed by atoms with Crippen LogP contribution in [-0.4, -0.2) is 81.2 Å². The number of rotatable bonds is 4. The lowest BCUT2D eigenvalue weighted by molar-refractivity contribution is -0.136. The number of piperidine rings is 3. The Hall–Kier alpha value is -4.87. The van der Waals surface area contributed by atoms with Gasteiger partial charge in [0, 0.05) is 25.6 Å². The van der Waals surface area contributed by atoms with E-state index in [9.17, 15) is 24.0 Å². The van der Waals surface area contributed by atoms with Crippen LogP contribution < -0.4 is 15.8 Å². The fourth-order valence-electron chi connectivity index (χ4n) is 10.7. The first-order valence-electron chi connectivity index (χ1n) is 19.6. The third-order valence-electron chi connectivity index (χ3n) is 13.8. The molecule has 3 saturated heterocycles. The molecule has 11 nitrogen and oxygen atoms in total. The summed E-state index contributed by atoms with van der Waals surface area (Å²) < 4.78 is 2.15. The topological polar surface area (TPSA) is 125 Å². The molecular formula is C43H43ClN6O5. The van der Waals surface area contributed by atoms with E-state index in [0.717, 1.165) is 79.5 Å². The van der Waals surface area contributed by atoms with Gasteiger partial charge in [0.25, 0.3) is 17.4 Å². The molecule has 0 bridgehead atoms. The molecule has 1 unspecified atom stereocenters. The zero-order chi connectivity index (χ0) is 38.0. The highest BCUT2D eigenvalue weighted by molar-refractivity contribution is 6.35. The van der Waals surface area contributed by atoms with E-state index in [1.165, 1.54) is 24.0 Å². The number of benzene rings is 3. The van der Waals surface area contributed by atoms with Gasteiger partial charge in [0.1, 0.15) is 11.9 Å². The van der Waals surface area contributed by atoms with E-state index in [1.807, 2.05) is 24.3 Å². The summed E-state index contributed by atoms with van der Waals surface area (Å²) in [7, 11) is 0. The van der Waals surface area contributed by atoms with Crippen LogP contribution in [0.1, 0.15) is 109 Å². The van der Waals surface area contributed by atoms with E-state index in [2.05, 4.69) is 56.7 Å². The van der Waals surface area contributed by atoms with Gasteiger partial charge in [0.2, 0.25) is 11.8 Å². The van der Waals surface area contributed by atoms with Crippen molar-refractivity contribution < 1.29 is 19.2 Å². The number of amides is 4. The molecule has 4 aromatic rings. The lowest BCUT2D eigenvalue weighted by atomic mass is 9.59. The number of anilines is 1. The average Bonchev–Trinajstić information content (AvgIpc) is 3.55. The van der Waals surface area contributed by atoms with Crippen molar-refractivity contribution in [3.8, 4) is 5.69 Å². The smallest absolute Gasteiger partial charge is 0.282 e. The van der Waals surface area contributed by atoms with Crippen LogP contribution in [-0.2, 0) is 15.0 Å². The number of nitrogens with zero attached hydrogens (tertiary/aromatic N) is 5. The molecule has 1 aliphatic carbocycles. The zero-order valence-corrected chi connectivity index (χ0v) is 31.8. The molecule has 12 heteroatoms. The van der Waals surface area contributed by atoms with Crippen LogP contribution >= 0.6 is 11.6 Å². The number of halogens is 1. The quantitative estimate of drug-likeness (QED) is 0.263. The predicted octanol–water partition coefficient (Wildman–Crippen LogP) is 5.71. The Kier molecular flexibility index (Phi) is 7.75. The zero-order valence-electron chi connectivity index (χ0n) is 31.1. The second kappa shape index (κ2) is 12.3. The Morgan fingerprint density at radius 3 is 2.33 bits per heavy atom. The third kappa shape index (κ3) is 5.18. The number of carbonyl (C=O) groups is 4. The summed E-state index contributed by atoms with van der Waals surface area (Å²) in [6.07, 6.45) is 6.89. The maximum absolute atomic E-state index is 13.7. The van der Waals surface area contributed by atoms with Crippen molar-refractivity contribution in [2.75, 3.05) is 31.1 Å². The highest BCUT2D eigenvalue weighted by Gasteiger charge is 2.50. The normalized spacial score (nSPS) is 23.6. The van der Waals surface area contributed by atoms with Crippen LogP contribution in [0.5, 0.6) is 0 Å². The molecule has 282 valence electrons. The Balaban J connectivity index is 0.786. The van der Waals surface area contributed by atoms with Gasteiger partial charge in [-0.05, 0) is 125 Å². The number of aromatic nitrogens is 2. The fraction of sp³-hybridized carbons (Fsp3) is 0.442. The SMILES string of the molecule is CC1(C)c2ccc(C3CCN(C4CC5(CCN(c6cccc7c6C(=O)N(C6CCC(=O)NC6=O)C7=O)CC5)C4)CC3)cc2-n2c1nc(=O)c1c(Cl)cccc12. The fourth-order valence-corrected chi connectivity index (χ4v) is 11.0. The summed E-state index contributed by atoms with van der Waals surface area (Å²) in [5, 5.41) is 3.17. The van der Waals surface area contributed by atoms with Crippen molar-refractivity contribution >= 4 is 51.8 Å². The van der Waals surface area contributed by atoms with Gasteiger partial charge < -0.3 is 9.80 Å². The van der Waals surface area contributed by atoms with Gasteiger partial charge in [0.05, 0.1) is 43.8 Å². The minimum Gasteiger partial charge on any atom is -0.371 e. The molecule has 1 spiro atoms. The van der Waals surface area contributed by atoms with Crippen molar-refractivity contribution in [1.82, 2.24) is 24.7 Å². The maximum atomic E-state index is 13.7. The van der Waals surface area contributed by atoms with E-state index in [4.69, 9.17) is 11.6 Å². The number of imide groups is 2. The summed E-state index contributed by atoms with van der Waals surface area (Å²) in [5.41, 5.74) is 5.49. The van der Waals surface area contributed by atoms with Gasteiger partial charge in [0.15, 0.2) is 0 Å². The van der Waals surface area contributed by atoms with Crippen LogP contribution in [0.25, 0.3) is 16.6 Å². The molecule has 1 saturated carbocycles. The second-order valence-corrected chi connectivity index (χ2v) is 17.5. The molecule has 6 aliphatic rings. The monoisotopic (exact) mass is 758 g/mol. The molecule has 4 fully saturated rings. The average molecular weight is 759 g/mol. The molecule has 6 heterocycles. The number of nitrogens with one attached hydrogen (secondary N) is 1. The van der Waals surface area contributed by atoms with Gasteiger partial charge in [-0.1, -0.05) is 35.9 Å². The number of carbonyl (C=O) groups excluding carboxylic acids is 4. The Bertz CT molecular complexity index is 2420. The minimum atomic E-state index is -0.968. The van der Waals surface area contributed by atoms with Crippen LogP contribution in [0.15, 0.2) is 59.4 Å². The molecule has 5 aliphatic heterocycles. The Morgan fingerprint density at radius 2 is 1.58 bits per heavy atom. The first-order valence-corrected chi connectivity index (χ1v) is 20.0. The Labute approximate surface area is 323 Å². The van der Waals surface area contributed by atoms with Gasteiger partial charge in [-0.15, -0.1) is 0 Å². The lowest BCUT2D eigenvalue weighted by Gasteiger charge is -2.56. The second-order valence-electron chi connectivity index (χ2n) is 17.1.